The van der Waals surface area contributed by atoms with Crippen molar-refractivity contribution in [3.8, 4) is 0 Å². The Kier molecular flexibility index (Phi) is 4.42. The molecule has 0 aliphatic carbocycles. The van der Waals surface area contributed by atoms with E-state index < -0.39 is 0 Å². The van der Waals surface area contributed by atoms with Gasteiger partial charge in [-0.2, -0.15) is 10.2 Å². The summed E-state index contributed by atoms with van der Waals surface area (Å²) in [6.45, 7) is 5.11. The first kappa shape index (κ1) is 14.3. The van der Waals surface area contributed by atoms with Crippen molar-refractivity contribution in [2.24, 2.45) is 14.1 Å². The summed E-state index contributed by atoms with van der Waals surface area (Å²) < 4.78 is 4.86. The average Bonchev–Trinajstić information content (AvgIpc) is 2.91. The summed E-state index contributed by atoms with van der Waals surface area (Å²) in [5.41, 5.74) is 3.38. The van der Waals surface area contributed by atoms with E-state index in [1.807, 2.05) is 29.7 Å². The van der Waals surface area contributed by atoms with Crippen molar-refractivity contribution < 1.29 is 0 Å². The summed E-state index contributed by atoms with van der Waals surface area (Å²) in [5, 5.41) is 12.3. The van der Waals surface area contributed by atoms with Crippen LogP contribution in [0.1, 0.15) is 37.0 Å². The predicted octanol–water partition coefficient (Wildman–Crippen LogP) is 2.18. The Bertz CT molecular complexity index is 538. The van der Waals surface area contributed by atoms with Crippen molar-refractivity contribution in [2.45, 2.75) is 26.3 Å². The minimum Gasteiger partial charge on any atom is -0.304 e. The van der Waals surface area contributed by atoms with Gasteiger partial charge in [0.05, 0.1) is 33.8 Å². The van der Waals surface area contributed by atoms with E-state index in [0.717, 1.165) is 34.5 Å². The summed E-state index contributed by atoms with van der Waals surface area (Å²) in [6, 6.07) is 2.25. The third kappa shape index (κ3) is 2.74. The highest BCUT2D eigenvalue weighted by molar-refractivity contribution is 9.10. The fraction of sp³-hybridized carbons (Fsp3) is 0.538. The Balaban J connectivity index is 2.48. The van der Waals surface area contributed by atoms with Crippen LogP contribution in [0, 0.1) is 0 Å². The number of aryl methyl sites for hydroxylation is 3. The van der Waals surface area contributed by atoms with Crippen LogP contribution in [0.3, 0.4) is 0 Å². The lowest BCUT2D eigenvalue weighted by Crippen LogP contribution is -2.26. The van der Waals surface area contributed by atoms with Gasteiger partial charge in [-0.1, -0.05) is 13.8 Å². The highest BCUT2D eigenvalue weighted by atomic mass is 79.9. The van der Waals surface area contributed by atoms with Crippen LogP contribution >= 0.6 is 15.9 Å². The first-order valence-corrected chi connectivity index (χ1v) is 7.31. The number of nitrogens with zero attached hydrogens (tertiary/aromatic N) is 4. The van der Waals surface area contributed by atoms with Crippen LogP contribution in [0.15, 0.2) is 16.7 Å². The van der Waals surface area contributed by atoms with Gasteiger partial charge in [-0.3, -0.25) is 9.36 Å². The van der Waals surface area contributed by atoms with E-state index >= 15 is 0 Å². The van der Waals surface area contributed by atoms with E-state index in [2.05, 4.69) is 51.4 Å². The van der Waals surface area contributed by atoms with Crippen molar-refractivity contribution in [1.82, 2.24) is 24.9 Å². The molecule has 0 fully saturated rings. The second-order valence-electron chi connectivity index (χ2n) is 4.53. The first-order valence-electron chi connectivity index (χ1n) is 6.52. The lowest BCUT2D eigenvalue weighted by Gasteiger charge is -2.19. The quantitative estimate of drug-likeness (QED) is 0.916. The summed E-state index contributed by atoms with van der Waals surface area (Å²) >= 11 is 3.58. The van der Waals surface area contributed by atoms with Gasteiger partial charge >= 0.3 is 0 Å². The maximum absolute atomic E-state index is 4.53. The van der Waals surface area contributed by atoms with Crippen molar-refractivity contribution in [2.75, 3.05) is 6.54 Å². The van der Waals surface area contributed by atoms with Crippen LogP contribution < -0.4 is 5.32 Å². The Hall–Kier alpha value is -1.14. The Morgan fingerprint density at radius 3 is 2.53 bits per heavy atom. The highest BCUT2D eigenvalue weighted by Gasteiger charge is 2.23. The number of rotatable bonds is 5. The molecule has 5 nitrogen and oxygen atoms in total. The molecule has 1 unspecified atom stereocenters. The summed E-state index contributed by atoms with van der Waals surface area (Å²) in [5.74, 6) is 0. The standard InChI is InChI=1S/C13H20BrN5/c1-5-9-7-11(18(3)17-9)12(15-6-2)13-10(14)8-16-19(13)4/h7-8,12,15H,5-6H2,1-4H3. The number of nitrogens with one attached hydrogen (secondary N) is 1. The summed E-state index contributed by atoms with van der Waals surface area (Å²) in [6.07, 6.45) is 2.77. The Morgan fingerprint density at radius 1 is 1.32 bits per heavy atom. The minimum absolute atomic E-state index is 0.0877. The van der Waals surface area contributed by atoms with Gasteiger partial charge in [0.1, 0.15) is 0 Å². The van der Waals surface area contributed by atoms with Crippen LogP contribution in [0.2, 0.25) is 0 Å². The predicted molar refractivity (Wildman–Crippen MR) is 79.0 cm³/mol. The zero-order valence-electron chi connectivity index (χ0n) is 11.8. The lowest BCUT2D eigenvalue weighted by atomic mass is 10.1. The van der Waals surface area contributed by atoms with Gasteiger partial charge in [-0.25, -0.2) is 0 Å². The summed E-state index contributed by atoms with van der Waals surface area (Å²) in [4.78, 5) is 0. The van der Waals surface area contributed by atoms with Crippen molar-refractivity contribution in [1.29, 1.82) is 0 Å². The molecule has 1 atom stereocenters. The molecule has 0 bridgehead atoms. The normalized spacial score (nSPS) is 12.9. The second-order valence-corrected chi connectivity index (χ2v) is 5.38. The smallest absolute Gasteiger partial charge is 0.0930 e. The third-order valence-electron chi connectivity index (χ3n) is 3.24. The molecule has 1 N–H and O–H groups in total. The SMILES string of the molecule is CCNC(c1cc(CC)nn1C)c1c(Br)cnn1C. The monoisotopic (exact) mass is 325 g/mol. The Labute approximate surface area is 122 Å². The molecule has 0 aliphatic rings. The largest absolute Gasteiger partial charge is 0.304 e. The fourth-order valence-corrected chi connectivity index (χ4v) is 2.85. The van der Waals surface area contributed by atoms with Crippen molar-refractivity contribution >= 4 is 15.9 Å². The van der Waals surface area contributed by atoms with Gasteiger partial charge in [0.15, 0.2) is 0 Å². The molecule has 0 saturated carbocycles. The molecule has 2 heterocycles. The molecule has 2 aromatic rings. The van der Waals surface area contributed by atoms with E-state index in [1.54, 1.807) is 0 Å². The van der Waals surface area contributed by atoms with Gasteiger partial charge in [0, 0.05) is 14.1 Å². The number of aromatic nitrogens is 4. The number of hydrogen-bond acceptors (Lipinski definition) is 3. The molecule has 2 aromatic heterocycles. The molecule has 104 valence electrons. The van der Waals surface area contributed by atoms with E-state index in [-0.39, 0.29) is 6.04 Å². The zero-order valence-corrected chi connectivity index (χ0v) is 13.4. The third-order valence-corrected chi connectivity index (χ3v) is 3.85. The van der Waals surface area contributed by atoms with Gasteiger partial charge in [0.25, 0.3) is 0 Å². The topological polar surface area (TPSA) is 47.7 Å². The van der Waals surface area contributed by atoms with E-state index in [9.17, 15) is 0 Å². The first-order chi connectivity index (χ1) is 9.08. The zero-order chi connectivity index (χ0) is 14.0. The molecule has 0 saturated heterocycles. The van der Waals surface area contributed by atoms with Crippen molar-refractivity contribution in [3.63, 3.8) is 0 Å². The maximum atomic E-state index is 4.53. The molecule has 19 heavy (non-hydrogen) atoms. The van der Waals surface area contributed by atoms with Crippen LogP contribution in [-0.2, 0) is 20.5 Å². The van der Waals surface area contributed by atoms with Gasteiger partial charge < -0.3 is 5.32 Å². The van der Waals surface area contributed by atoms with Crippen LogP contribution in [0.5, 0.6) is 0 Å². The number of hydrogen-bond donors (Lipinski definition) is 1. The van der Waals surface area contributed by atoms with Crippen LogP contribution in [0.25, 0.3) is 0 Å². The fourth-order valence-electron chi connectivity index (χ4n) is 2.28. The second kappa shape index (κ2) is 5.88. The molecule has 6 heteroatoms. The minimum atomic E-state index is 0.0877. The molecule has 0 radical (unpaired) electrons. The molecule has 0 spiro atoms. The van der Waals surface area contributed by atoms with Crippen molar-refractivity contribution in [3.05, 3.63) is 33.8 Å². The average molecular weight is 326 g/mol. The maximum Gasteiger partial charge on any atom is 0.0930 e. The van der Waals surface area contributed by atoms with E-state index in [0.29, 0.717) is 0 Å². The van der Waals surface area contributed by atoms with E-state index in [1.165, 1.54) is 0 Å². The van der Waals surface area contributed by atoms with Crippen LogP contribution in [0.4, 0.5) is 0 Å². The molecule has 2 rings (SSSR count). The van der Waals surface area contributed by atoms with E-state index in [4.69, 9.17) is 0 Å². The molecule has 0 amide bonds. The van der Waals surface area contributed by atoms with Crippen LogP contribution in [-0.4, -0.2) is 26.1 Å². The van der Waals surface area contributed by atoms with Gasteiger partial charge in [0.2, 0.25) is 0 Å². The molecular formula is C13H20BrN5. The Morgan fingerprint density at radius 2 is 2.05 bits per heavy atom. The highest BCUT2D eigenvalue weighted by Crippen LogP contribution is 2.28. The molecular weight excluding hydrogens is 306 g/mol. The molecule has 0 aromatic carbocycles. The van der Waals surface area contributed by atoms with Gasteiger partial charge in [-0.15, -0.1) is 0 Å². The summed E-state index contributed by atoms with van der Waals surface area (Å²) in [7, 11) is 3.95. The van der Waals surface area contributed by atoms with Gasteiger partial charge in [-0.05, 0) is 35.0 Å². The molecule has 0 aliphatic heterocycles. The number of halogens is 1. The lowest BCUT2D eigenvalue weighted by molar-refractivity contribution is 0.532.